The molecule has 2 aromatic rings. The molecular weight excluding hydrogens is 313 g/mol. The van der Waals surface area contributed by atoms with Gasteiger partial charge in [0, 0.05) is 0 Å². The number of rotatable bonds is 5. The van der Waals surface area contributed by atoms with Gasteiger partial charge in [0.1, 0.15) is 30.7 Å². The molecule has 1 fully saturated rings. The van der Waals surface area contributed by atoms with Gasteiger partial charge < -0.3 is 9.84 Å². The molecule has 0 bridgehead atoms. The number of hydrogen-bond acceptors (Lipinski definition) is 5. The Bertz CT molecular complexity index is 690. The Labute approximate surface area is 139 Å². The summed E-state index contributed by atoms with van der Waals surface area (Å²) in [6.07, 6.45) is 4.21. The molecule has 1 aromatic heterocycles. The van der Waals surface area contributed by atoms with Crippen LogP contribution >= 0.6 is 0 Å². The summed E-state index contributed by atoms with van der Waals surface area (Å²) < 4.78 is 19.8. The van der Waals surface area contributed by atoms with Gasteiger partial charge in [-0.15, -0.1) is 0 Å². The van der Waals surface area contributed by atoms with E-state index < -0.39 is 17.5 Å². The van der Waals surface area contributed by atoms with Gasteiger partial charge >= 0.3 is 5.97 Å². The van der Waals surface area contributed by atoms with Crippen LogP contribution in [0.5, 0.6) is 0 Å². The Kier molecular flexibility index (Phi) is 4.62. The lowest BCUT2D eigenvalue weighted by atomic mass is 9.85. The zero-order valence-electron chi connectivity index (χ0n) is 13.4. The zero-order valence-corrected chi connectivity index (χ0v) is 13.4. The predicted molar refractivity (Wildman–Crippen MR) is 83.1 cm³/mol. The van der Waals surface area contributed by atoms with Crippen LogP contribution < -0.4 is 0 Å². The van der Waals surface area contributed by atoms with Crippen molar-refractivity contribution in [2.24, 2.45) is 11.8 Å². The maximum absolute atomic E-state index is 12.9. The van der Waals surface area contributed by atoms with Gasteiger partial charge in [0.15, 0.2) is 0 Å². The van der Waals surface area contributed by atoms with Crippen LogP contribution in [0.4, 0.5) is 4.39 Å². The third-order valence-electron chi connectivity index (χ3n) is 4.81. The van der Waals surface area contributed by atoms with E-state index in [1.54, 1.807) is 12.1 Å². The van der Waals surface area contributed by atoms with Crippen molar-refractivity contribution in [1.29, 1.82) is 0 Å². The van der Waals surface area contributed by atoms with Gasteiger partial charge in [-0.1, -0.05) is 19.1 Å². The number of aromatic nitrogens is 3. The van der Waals surface area contributed by atoms with Gasteiger partial charge in [0.05, 0.1) is 12.5 Å². The van der Waals surface area contributed by atoms with Crippen molar-refractivity contribution in [3.05, 3.63) is 48.3 Å². The Morgan fingerprint density at radius 3 is 2.83 bits per heavy atom. The summed E-state index contributed by atoms with van der Waals surface area (Å²) in [5.41, 5.74) is -0.510. The molecule has 24 heavy (non-hydrogen) atoms. The lowest BCUT2D eigenvalue weighted by Gasteiger charge is -2.32. The monoisotopic (exact) mass is 333 g/mol. The first-order valence-corrected chi connectivity index (χ1v) is 7.95. The number of aliphatic hydroxyl groups is 1. The van der Waals surface area contributed by atoms with Gasteiger partial charge in [-0.2, -0.15) is 5.10 Å². The molecule has 0 saturated heterocycles. The van der Waals surface area contributed by atoms with E-state index in [9.17, 15) is 14.3 Å². The fraction of sp³-hybridized carbons (Fsp3) is 0.471. The fourth-order valence-electron chi connectivity index (χ4n) is 3.26. The fourth-order valence-corrected chi connectivity index (χ4v) is 3.26. The molecule has 1 aromatic carbocycles. The van der Waals surface area contributed by atoms with Crippen LogP contribution in [0.25, 0.3) is 0 Å². The van der Waals surface area contributed by atoms with Crippen LogP contribution in [0, 0.1) is 17.7 Å². The van der Waals surface area contributed by atoms with E-state index in [1.807, 2.05) is 6.92 Å². The largest absolute Gasteiger partial charge is 0.461 e. The second kappa shape index (κ2) is 6.68. The molecule has 7 heteroatoms. The van der Waals surface area contributed by atoms with E-state index in [-0.39, 0.29) is 24.9 Å². The average Bonchev–Trinajstić information content (AvgIpc) is 3.16. The van der Waals surface area contributed by atoms with E-state index >= 15 is 0 Å². The summed E-state index contributed by atoms with van der Waals surface area (Å²) in [6.45, 7) is 2.18. The Hall–Kier alpha value is -2.28. The number of ether oxygens (including phenoxy) is 1. The van der Waals surface area contributed by atoms with Crippen LogP contribution in [0.15, 0.2) is 36.9 Å². The van der Waals surface area contributed by atoms with Crippen molar-refractivity contribution in [1.82, 2.24) is 14.8 Å². The maximum atomic E-state index is 12.9. The number of carbonyl (C=O) groups is 1. The first kappa shape index (κ1) is 16.6. The molecular formula is C17H20FN3O3. The molecule has 0 unspecified atom stereocenters. The van der Waals surface area contributed by atoms with Gasteiger partial charge in [0.2, 0.25) is 0 Å². The lowest BCUT2D eigenvalue weighted by molar-refractivity contribution is -0.161. The summed E-state index contributed by atoms with van der Waals surface area (Å²) in [7, 11) is 0. The molecule has 0 radical (unpaired) electrons. The minimum atomic E-state index is -1.21. The first-order chi connectivity index (χ1) is 11.5. The molecule has 1 heterocycles. The minimum absolute atomic E-state index is 0.0509. The molecule has 1 aliphatic carbocycles. The summed E-state index contributed by atoms with van der Waals surface area (Å²) in [4.78, 5) is 16.3. The number of esters is 1. The highest BCUT2D eigenvalue weighted by Crippen LogP contribution is 2.42. The molecule has 0 amide bonds. The molecule has 0 aliphatic heterocycles. The molecule has 0 spiro atoms. The second-order valence-electron chi connectivity index (χ2n) is 6.35. The third kappa shape index (κ3) is 3.31. The van der Waals surface area contributed by atoms with Crippen LogP contribution in [0.1, 0.15) is 25.3 Å². The number of halogens is 1. The maximum Gasteiger partial charge on any atom is 0.312 e. The van der Waals surface area contributed by atoms with Crippen LogP contribution in [0.3, 0.4) is 0 Å². The van der Waals surface area contributed by atoms with Gasteiger partial charge in [0.25, 0.3) is 0 Å². The summed E-state index contributed by atoms with van der Waals surface area (Å²) in [5, 5.41) is 15.1. The van der Waals surface area contributed by atoms with Crippen molar-refractivity contribution in [2.45, 2.75) is 38.5 Å². The van der Waals surface area contributed by atoms with E-state index in [1.165, 1.54) is 29.5 Å². The Balaban J connectivity index is 1.67. The van der Waals surface area contributed by atoms with E-state index in [0.29, 0.717) is 12.0 Å². The van der Waals surface area contributed by atoms with Crippen molar-refractivity contribution in [3.8, 4) is 0 Å². The van der Waals surface area contributed by atoms with Crippen molar-refractivity contribution in [2.75, 3.05) is 0 Å². The first-order valence-electron chi connectivity index (χ1n) is 7.95. The van der Waals surface area contributed by atoms with Crippen LogP contribution in [0.2, 0.25) is 0 Å². The Morgan fingerprint density at radius 1 is 1.42 bits per heavy atom. The van der Waals surface area contributed by atoms with Gasteiger partial charge in [-0.3, -0.25) is 9.48 Å². The van der Waals surface area contributed by atoms with E-state index in [0.717, 1.165) is 6.42 Å². The van der Waals surface area contributed by atoms with Gasteiger partial charge in [-0.05, 0) is 36.5 Å². The molecule has 6 nitrogen and oxygen atoms in total. The number of hydrogen-bond donors (Lipinski definition) is 1. The lowest BCUT2D eigenvalue weighted by Crippen LogP contribution is -2.46. The standard InChI is InChI=1S/C17H20FN3O3/c1-12-2-7-15(17(12,23)9-21-11-19-10-20-21)16(22)24-8-13-3-5-14(18)6-4-13/h3-6,10-12,15,23H,2,7-9H2,1H3/t12-,15-,17-/m1/s1. The SMILES string of the molecule is C[C@@H]1CC[C@H](C(=O)OCc2ccc(F)cc2)[C@@]1(O)Cn1cncn1. The summed E-state index contributed by atoms with van der Waals surface area (Å²) in [5.74, 6) is -1.44. The molecule has 1 aliphatic rings. The Morgan fingerprint density at radius 2 is 2.17 bits per heavy atom. The highest BCUT2D eigenvalue weighted by Gasteiger charge is 2.51. The second-order valence-corrected chi connectivity index (χ2v) is 6.35. The molecule has 1 N–H and O–H groups in total. The minimum Gasteiger partial charge on any atom is -0.461 e. The van der Waals surface area contributed by atoms with Crippen LogP contribution in [-0.2, 0) is 22.7 Å². The highest BCUT2D eigenvalue weighted by molar-refractivity contribution is 5.74. The number of carbonyl (C=O) groups excluding carboxylic acids is 1. The topological polar surface area (TPSA) is 77.2 Å². The summed E-state index contributed by atoms with van der Waals surface area (Å²) >= 11 is 0. The quantitative estimate of drug-likeness (QED) is 0.846. The molecule has 128 valence electrons. The van der Waals surface area contributed by atoms with Gasteiger partial charge in [-0.25, -0.2) is 9.37 Å². The van der Waals surface area contributed by atoms with Crippen molar-refractivity contribution in [3.63, 3.8) is 0 Å². The van der Waals surface area contributed by atoms with Crippen LogP contribution in [-0.4, -0.2) is 31.4 Å². The zero-order chi connectivity index (χ0) is 17.2. The number of benzene rings is 1. The molecule has 1 saturated carbocycles. The highest BCUT2D eigenvalue weighted by atomic mass is 19.1. The molecule has 3 atom stereocenters. The average molecular weight is 333 g/mol. The summed E-state index contributed by atoms with van der Waals surface area (Å²) in [6, 6.07) is 5.78. The normalized spacial score (nSPS) is 26.5. The van der Waals surface area contributed by atoms with Crippen molar-refractivity contribution < 1.29 is 19.0 Å². The molecule has 3 rings (SSSR count). The number of nitrogens with zero attached hydrogens (tertiary/aromatic N) is 3. The van der Waals surface area contributed by atoms with E-state index in [2.05, 4.69) is 10.1 Å². The van der Waals surface area contributed by atoms with Crippen molar-refractivity contribution >= 4 is 5.97 Å². The predicted octanol–water partition coefficient (Wildman–Crippen LogP) is 1.94. The smallest absolute Gasteiger partial charge is 0.312 e. The third-order valence-corrected chi connectivity index (χ3v) is 4.81. The van der Waals surface area contributed by atoms with E-state index in [4.69, 9.17) is 4.74 Å².